The monoisotopic (exact) mass is 456 g/mol. The molecule has 1 N–H and O–H groups in total. The number of hydrazone groups is 1. The van der Waals surface area contributed by atoms with Gasteiger partial charge in [0, 0.05) is 0 Å². The first-order valence-electron chi connectivity index (χ1n) is 7.17. The number of hydrogen-bond donors (Lipinski definition) is 1. The van der Waals surface area contributed by atoms with Crippen LogP contribution in [0.25, 0.3) is 0 Å². The Bertz CT molecular complexity index is 726. The lowest BCUT2D eigenvalue weighted by molar-refractivity contribution is -0.120. The SMILES string of the molecule is CCOc1c(Br)cc(/C=N/NC(=O)Cc2ccc(F)cc2)cc1Br. The molecule has 0 saturated heterocycles. The fourth-order valence-corrected chi connectivity index (χ4v) is 3.39. The maximum absolute atomic E-state index is 12.8. The van der Waals surface area contributed by atoms with E-state index in [-0.39, 0.29) is 18.1 Å². The molecule has 0 atom stereocenters. The summed E-state index contributed by atoms with van der Waals surface area (Å²) in [5.74, 6) is 0.112. The van der Waals surface area contributed by atoms with Crippen molar-refractivity contribution in [3.63, 3.8) is 0 Å². The normalized spacial score (nSPS) is 10.8. The van der Waals surface area contributed by atoms with Crippen molar-refractivity contribution in [3.8, 4) is 5.75 Å². The lowest BCUT2D eigenvalue weighted by atomic mass is 10.1. The Labute approximate surface area is 156 Å². The standard InChI is InChI=1S/C17H15Br2FN2O2/c1-2-24-17-14(18)7-12(8-15(17)19)10-21-22-16(23)9-11-3-5-13(20)6-4-11/h3-8,10H,2,9H2,1H3,(H,22,23)/b21-10+. The molecule has 1 amide bonds. The molecule has 7 heteroatoms. The number of carbonyl (C=O) groups excluding carboxylic acids is 1. The molecule has 0 aromatic heterocycles. The molecule has 24 heavy (non-hydrogen) atoms. The molecule has 2 aromatic carbocycles. The first-order valence-corrected chi connectivity index (χ1v) is 8.76. The number of rotatable bonds is 6. The van der Waals surface area contributed by atoms with E-state index in [0.29, 0.717) is 6.61 Å². The Balaban J connectivity index is 1.96. The maximum Gasteiger partial charge on any atom is 0.244 e. The highest BCUT2D eigenvalue weighted by molar-refractivity contribution is 9.11. The van der Waals surface area contributed by atoms with Gasteiger partial charge in [-0.1, -0.05) is 12.1 Å². The molecule has 0 unspecified atom stereocenters. The third kappa shape index (κ3) is 5.42. The summed E-state index contributed by atoms with van der Waals surface area (Å²) >= 11 is 6.87. The Kier molecular flexibility index (Phi) is 6.93. The van der Waals surface area contributed by atoms with Crippen LogP contribution in [0.2, 0.25) is 0 Å². The quantitative estimate of drug-likeness (QED) is 0.514. The maximum atomic E-state index is 12.8. The second-order valence-corrected chi connectivity index (χ2v) is 6.55. The summed E-state index contributed by atoms with van der Waals surface area (Å²) in [6.07, 6.45) is 1.67. The average molecular weight is 458 g/mol. The van der Waals surface area contributed by atoms with Crippen LogP contribution in [0.5, 0.6) is 5.75 Å². The summed E-state index contributed by atoms with van der Waals surface area (Å²) in [4.78, 5) is 11.8. The number of carbonyl (C=O) groups is 1. The summed E-state index contributed by atoms with van der Waals surface area (Å²) < 4.78 is 19.9. The third-order valence-corrected chi connectivity index (χ3v) is 4.17. The molecule has 0 saturated carbocycles. The van der Waals surface area contributed by atoms with Crippen LogP contribution in [0.4, 0.5) is 4.39 Å². The van der Waals surface area contributed by atoms with Gasteiger partial charge in [-0.15, -0.1) is 0 Å². The van der Waals surface area contributed by atoms with E-state index in [1.807, 2.05) is 19.1 Å². The van der Waals surface area contributed by atoms with Crippen molar-refractivity contribution in [2.75, 3.05) is 6.61 Å². The molecule has 126 valence electrons. The van der Waals surface area contributed by atoms with Gasteiger partial charge >= 0.3 is 0 Å². The minimum Gasteiger partial charge on any atom is -0.492 e. The summed E-state index contributed by atoms with van der Waals surface area (Å²) in [5.41, 5.74) is 3.96. The Hall–Kier alpha value is -1.73. The molecule has 0 aliphatic carbocycles. The minimum absolute atomic E-state index is 0.133. The number of nitrogens with zero attached hydrogens (tertiary/aromatic N) is 1. The highest BCUT2D eigenvalue weighted by Gasteiger charge is 2.08. The summed E-state index contributed by atoms with van der Waals surface area (Å²) in [7, 11) is 0. The van der Waals surface area contributed by atoms with Gasteiger partial charge in [0.1, 0.15) is 11.6 Å². The van der Waals surface area contributed by atoms with E-state index in [0.717, 1.165) is 25.8 Å². The Morgan fingerprint density at radius 1 is 1.25 bits per heavy atom. The lowest BCUT2D eigenvalue weighted by Gasteiger charge is -2.09. The second kappa shape index (κ2) is 8.94. The van der Waals surface area contributed by atoms with E-state index in [4.69, 9.17) is 4.74 Å². The van der Waals surface area contributed by atoms with Gasteiger partial charge in [-0.3, -0.25) is 4.79 Å². The van der Waals surface area contributed by atoms with Crippen LogP contribution in [-0.2, 0) is 11.2 Å². The molecule has 0 radical (unpaired) electrons. The van der Waals surface area contributed by atoms with Gasteiger partial charge in [0.25, 0.3) is 0 Å². The fraction of sp³-hybridized carbons (Fsp3) is 0.176. The van der Waals surface area contributed by atoms with E-state index in [2.05, 4.69) is 42.4 Å². The molecule has 2 rings (SSSR count). The number of halogens is 3. The van der Waals surface area contributed by atoms with E-state index in [1.165, 1.54) is 18.3 Å². The average Bonchev–Trinajstić information content (AvgIpc) is 2.53. The van der Waals surface area contributed by atoms with E-state index >= 15 is 0 Å². The van der Waals surface area contributed by atoms with Crippen molar-refractivity contribution in [2.24, 2.45) is 5.10 Å². The number of amides is 1. The zero-order valence-corrected chi connectivity index (χ0v) is 16.0. The van der Waals surface area contributed by atoms with Gasteiger partial charge < -0.3 is 4.74 Å². The first-order chi connectivity index (χ1) is 11.5. The molecule has 0 spiro atoms. The van der Waals surface area contributed by atoms with Gasteiger partial charge in [-0.2, -0.15) is 5.10 Å². The highest BCUT2D eigenvalue weighted by Crippen LogP contribution is 2.34. The predicted octanol–water partition coefficient (Wildman–Crippen LogP) is 4.44. The van der Waals surface area contributed by atoms with Gasteiger partial charge in [0.05, 0.1) is 28.2 Å². The molecule has 4 nitrogen and oxygen atoms in total. The van der Waals surface area contributed by atoms with E-state index in [1.54, 1.807) is 12.1 Å². The molecular weight excluding hydrogens is 443 g/mol. The molecular formula is C17H15Br2FN2O2. The highest BCUT2D eigenvalue weighted by atomic mass is 79.9. The topological polar surface area (TPSA) is 50.7 Å². The molecule has 0 bridgehead atoms. The number of ether oxygens (including phenoxy) is 1. The van der Waals surface area contributed by atoms with Crippen LogP contribution in [0.3, 0.4) is 0 Å². The molecule has 2 aromatic rings. The van der Waals surface area contributed by atoms with Gasteiger partial charge in [-0.05, 0) is 74.2 Å². The molecule has 0 heterocycles. The summed E-state index contributed by atoms with van der Waals surface area (Å²) in [6.45, 7) is 2.47. The van der Waals surface area contributed by atoms with Crippen LogP contribution in [0.1, 0.15) is 18.1 Å². The zero-order valence-electron chi connectivity index (χ0n) is 12.9. The lowest BCUT2D eigenvalue weighted by Crippen LogP contribution is -2.19. The van der Waals surface area contributed by atoms with Gasteiger partial charge in [0.2, 0.25) is 5.91 Å². The number of benzene rings is 2. The van der Waals surface area contributed by atoms with E-state index in [9.17, 15) is 9.18 Å². The van der Waals surface area contributed by atoms with Crippen LogP contribution in [-0.4, -0.2) is 18.7 Å². The second-order valence-electron chi connectivity index (χ2n) is 4.84. The first kappa shape index (κ1) is 18.6. The van der Waals surface area contributed by atoms with Crippen molar-refractivity contribution >= 4 is 44.0 Å². The van der Waals surface area contributed by atoms with Gasteiger partial charge in [-0.25, -0.2) is 9.82 Å². The Morgan fingerprint density at radius 2 is 1.88 bits per heavy atom. The van der Waals surface area contributed by atoms with E-state index < -0.39 is 0 Å². The van der Waals surface area contributed by atoms with Crippen molar-refractivity contribution < 1.29 is 13.9 Å². The molecule has 0 fully saturated rings. The largest absolute Gasteiger partial charge is 0.492 e. The van der Waals surface area contributed by atoms with Crippen molar-refractivity contribution in [1.82, 2.24) is 5.43 Å². The number of nitrogens with one attached hydrogen (secondary N) is 1. The third-order valence-electron chi connectivity index (χ3n) is 2.99. The number of hydrogen-bond acceptors (Lipinski definition) is 3. The van der Waals surface area contributed by atoms with Crippen LogP contribution in [0.15, 0.2) is 50.4 Å². The van der Waals surface area contributed by atoms with Crippen LogP contribution >= 0.6 is 31.9 Å². The molecule has 0 aliphatic rings. The summed E-state index contributed by atoms with van der Waals surface area (Å²) in [5, 5.41) is 3.93. The van der Waals surface area contributed by atoms with Crippen LogP contribution in [0, 0.1) is 5.82 Å². The predicted molar refractivity (Wildman–Crippen MR) is 98.9 cm³/mol. The molecule has 0 aliphatic heterocycles. The van der Waals surface area contributed by atoms with Gasteiger partial charge in [0.15, 0.2) is 0 Å². The Morgan fingerprint density at radius 3 is 2.46 bits per heavy atom. The van der Waals surface area contributed by atoms with Crippen molar-refractivity contribution in [2.45, 2.75) is 13.3 Å². The summed E-state index contributed by atoms with van der Waals surface area (Å²) in [6, 6.07) is 9.46. The fourth-order valence-electron chi connectivity index (χ4n) is 1.94. The van der Waals surface area contributed by atoms with Crippen molar-refractivity contribution in [3.05, 3.63) is 62.3 Å². The zero-order chi connectivity index (χ0) is 17.5. The van der Waals surface area contributed by atoms with Crippen LogP contribution < -0.4 is 10.2 Å². The minimum atomic E-state index is -0.330. The van der Waals surface area contributed by atoms with Crippen molar-refractivity contribution in [1.29, 1.82) is 0 Å². The smallest absolute Gasteiger partial charge is 0.244 e.